The molecule has 0 fully saturated rings. The molecule has 1 aromatic carbocycles. The smallest absolute Gasteiger partial charge is 0.420 e. The molecule has 0 saturated carbocycles. The van der Waals surface area contributed by atoms with Crippen LogP contribution in [0.2, 0.25) is 5.02 Å². The van der Waals surface area contributed by atoms with Gasteiger partial charge in [-0.3, -0.25) is 9.59 Å². The van der Waals surface area contributed by atoms with Crippen LogP contribution in [0.1, 0.15) is 11.1 Å². The minimum atomic E-state index is -4.87. The van der Waals surface area contributed by atoms with E-state index < -0.39 is 23.0 Å². The Morgan fingerprint density at radius 1 is 1.40 bits per heavy atom. The molecule has 2 rings (SSSR count). The lowest BCUT2D eigenvalue weighted by molar-refractivity contribution is -0.138. The highest BCUT2D eigenvalue weighted by atomic mass is 35.5. The third-order valence-electron chi connectivity index (χ3n) is 3.72. The zero-order valence-corrected chi connectivity index (χ0v) is 16.5. The summed E-state index contributed by atoms with van der Waals surface area (Å²) in [5.41, 5.74) is -0.271. The van der Waals surface area contributed by atoms with Crippen LogP contribution < -0.4 is 15.7 Å². The van der Waals surface area contributed by atoms with Crippen LogP contribution in [0.25, 0.3) is 0 Å². The first-order chi connectivity index (χ1) is 14.1. The Labute approximate surface area is 173 Å². The monoisotopic (exact) mass is 441 g/mol. The normalized spacial score (nSPS) is 11.6. The second-order valence-electron chi connectivity index (χ2n) is 6.05. The van der Waals surface area contributed by atoms with Crippen molar-refractivity contribution >= 4 is 23.8 Å². The maximum absolute atomic E-state index is 13.5. The zero-order valence-electron chi connectivity index (χ0n) is 15.7. The number of hydrogen-bond acceptors (Lipinski definition) is 5. The third kappa shape index (κ3) is 5.51. The summed E-state index contributed by atoms with van der Waals surface area (Å²) in [7, 11) is 3.15. The molecule has 158 valence electrons. The Kier molecular flexibility index (Phi) is 7.07. The maximum Gasteiger partial charge on any atom is 0.420 e. The van der Waals surface area contributed by atoms with E-state index in [4.69, 9.17) is 21.6 Å². The van der Waals surface area contributed by atoms with Gasteiger partial charge in [0.1, 0.15) is 17.1 Å². The molecule has 12 heteroatoms. The summed E-state index contributed by atoms with van der Waals surface area (Å²) in [4.78, 5) is 24.7. The standard InChI is InChI=1S/C18H15ClF3N5O3/c1-26(2)15(25-24-10-28)9-27-4-3-14(18(20,21)22)16(17(27)29)30-13-6-11(8-23)5-12(19)7-13/h3-7,10H,9H2,1-2H3,(H,24,28)/b25-15-. The Bertz CT molecular complexity index is 1070. The second kappa shape index (κ2) is 9.32. The lowest BCUT2D eigenvalue weighted by Crippen LogP contribution is -2.34. The van der Waals surface area contributed by atoms with Gasteiger partial charge in [0.15, 0.2) is 0 Å². The van der Waals surface area contributed by atoms with Crippen LogP contribution in [0.5, 0.6) is 11.5 Å². The van der Waals surface area contributed by atoms with Gasteiger partial charge in [-0.1, -0.05) is 11.6 Å². The molecule has 0 atom stereocenters. The van der Waals surface area contributed by atoms with Crippen LogP contribution in [-0.2, 0) is 17.5 Å². The zero-order chi connectivity index (χ0) is 22.5. The molecule has 0 spiro atoms. The number of ether oxygens (including phenoxy) is 1. The number of aromatic nitrogens is 1. The summed E-state index contributed by atoms with van der Waals surface area (Å²) >= 11 is 5.85. The topological polar surface area (TPSA) is 99.7 Å². The number of alkyl halides is 3. The van der Waals surface area contributed by atoms with Crippen LogP contribution in [0, 0.1) is 11.3 Å². The number of benzene rings is 1. The van der Waals surface area contributed by atoms with Gasteiger partial charge in [-0.2, -0.15) is 23.5 Å². The van der Waals surface area contributed by atoms with Crippen LogP contribution in [0.15, 0.2) is 40.4 Å². The summed E-state index contributed by atoms with van der Waals surface area (Å²) in [6.45, 7) is -0.250. The van der Waals surface area contributed by atoms with Crippen LogP contribution in [0.4, 0.5) is 13.2 Å². The Morgan fingerprint density at radius 3 is 2.67 bits per heavy atom. The van der Waals surface area contributed by atoms with Gasteiger partial charge in [-0.15, -0.1) is 0 Å². The largest absolute Gasteiger partial charge is 0.451 e. The number of rotatable bonds is 6. The number of hydrogen-bond donors (Lipinski definition) is 1. The lowest BCUT2D eigenvalue weighted by atomic mass is 10.2. The first kappa shape index (κ1) is 22.8. The number of hydrazone groups is 1. The first-order valence-corrected chi connectivity index (χ1v) is 8.57. The number of nitrogens with zero attached hydrogens (tertiary/aromatic N) is 4. The number of pyridine rings is 1. The van der Waals surface area contributed by atoms with Crippen LogP contribution in [0.3, 0.4) is 0 Å². The minimum absolute atomic E-state index is 0.0456. The highest BCUT2D eigenvalue weighted by molar-refractivity contribution is 6.30. The van der Waals surface area contributed by atoms with E-state index >= 15 is 0 Å². The Hall–Kier alpha value is -3.52. The average molecular weight is 442 g/mol. The SMILES string of the molecule is CN(C)/C(Cn1ccc(C(F)(F)F)c(Oc2cc(Cl)cc(C#N)c2)c1=O)=N\NC=O. The predicted octanol–water partition coefficient (Wildman–Crippen LogP) is 2.81. The van der Waals surface area contributed by atoms with Crippen molar-refractivity contribution in [2.24, 2.45) is 5.10 Å². The fourth-order valence-electron chi connectivity index (χ4n) is 2.33. The molecule has 30 heavy (non-hydrogen) atoms. The van der Waals surface area contributed by atoms with Gasteiger partial charge < -0.3 is 14.2 Å². The predicted molar refractivity (Wildman–Crippen MR) is 102 cm³/mol. The van der Waals surface area contributed by atoms with Gasteiger partial charge in [0, 0.05) is 25.3 Å². The molecule has 1 aromatic heterocycles. The lowest BCUT2D eigenvalue weighted by Gasteiger charge is -2.19. The summed E-state index contributed by atoms with van der Waals surface area (Å²) < 4.78 is 46.5. The van der Waals surface area contributed by atoms with E-state index in [9.17, 15) is 22.8 Å². The summed E-state index contributed by atoms with van der Waals surface area (Å²) in [5.74, 6) is -1.01. The van der Waals surface area contributed by atoms with E-state index in [1.165, 1.54) is 17.0 Å². The summed E-state index contributed by atoms with van der Waals surface area (Å²) in [5, 5.41) is 12.8. The van der Waals surface area contributed by atoms with Crippen molar-refractivity contribution in [2.45, 2.75) is 12.7 Å². The molecular formula is C18H15ClF3N5O3. The summed E-state index contributed by atoms with van der Waals surface area (Å²) in [6.07, 6.45) is -3.63. The van der Waals surface area contributed by atoms with E-state index in [0.29, 0.717) is 12.5 Å². The number of likely N-dealkylation sites (N-methyl/N-ethyl adjacent to an activating group) is 1. The van der Waals surface area contributed by atoms with E-state index in [1.54, 1.807) is 20.2 Å². The highest BCUT2D eigenvalue weighted by Crippen LogP contribution is 2.36. The highest BCUT2D eigenvalue weighted by Gasteiger charge is 2.36. The molecule has 1 amide bonds. The number of amidine groups is 1. The maximum atomic E-state index is 13.5. The minimum Gasteiger partial charge on any atom is -0.451 e. The van der Waals surface area contributed by atoms with Crippen molar-refractivity contribution in [2.75, 3.05) is 14.1 Å². The quantitative estimate of drug-likeness (QED) is 0.321. The van der Waals surface area contributed by atoms with Crippen molar-refractivity contribution in [3.63, 3.8) is 0 Å². The van der Waals surface area contributed by atoms with E-state index in [1.807, 2.05) is 0 Å². The number of nitrogens with one attached hydrogen (secondary N) is 1. The van der Waals surface area contributed by atoms with Gasteiger partial charge in [0.2, 0.25) is 12.2 Å². The fraction of sp³-hybridized carbons (Fsp3) is 0.222. The molecule has 0 unspecified atom stereocenters. The molecule has 8 nitrogen and oxygen atoms in total. The van der Waals surface area contributed by atoms with E-state index in [0.717, 1.165) is 16.8 Å². The number of carbonyl (C=O) groups is 1. The molecular weight excluding hydrogens is 427 g/mol. The fourth-order valence-corrected chi connectivity index (χ4v) is 2.56. The van der Waals surface area contributed by atoms with Crippen molar-refractivity contribution in [3.8, 4) is 17.6 Å². The second-order valence-corrected chi connectivity index (χ2v) is 6.48. The van der Waals surface area contributed by atoms with Crippen LogP contribution >= 0.6 is 11.6 Å². The van der Waals surface area contributed by atoms with E-state index in [-0.39, 0.29) is 28.7 Å². The van der Waals surface area contributed by atoms with E-state index in [2.05, 4.69) is 10.5 Å². The molecule has 0 aliphatic carbocycles. The molecule has 1 heterocycles. The van der Waals surface area contributed by atoms with Crippen LogP contribution in [-0.4, -0.2) is 35.8 Å². The molecule has 1 N–H and O–H groups in total. The van der Waals surface area contributed by atoms with Crippen molar-refractivity contribution in [1.82, 2.24) is 14.9 Å². The molecule has 0 radical (unpaired) electrons. The van der Waals surface area contributed by atoms with Crippen molar-refractivity contribution in [1.29, 1.82) is 5.26 Å². The van der Waals surface area contributed by atoms with Gasteiger partial charge >= 0.3 is 6.18 Å². The summed E-state index contributed by atoms with van der Waals surface area (Å²) in [6, 6.07) is 6.11. The molecule has 0 aliphatic heterocycles. The number of halogens is 4. The number of nitriles is 1. The van der Waals surface area contributed by atoms with Crippen molar-refractivity contribution in [3.05, 3.63) is 57.0 Å². The average Bonchev–Trinajstić information content (AvgIpc) is 2.66. The van der Waals surface area contributed by atoms with Gasteiger partial charge in [0.05, 0.1) is 18.2 Å². The Balaban J connectivity index is 2.58. The Morgan fingerprint density at radius 2 is 2.10 bits per heavy atom. The van der Waals surface area contributed by atoms with Crippen molar-refractivity contribution < 1.29 is 22.7 Å². The number of carbonyl (C=O) groups excluding carboxylic acids is 1. The van der Waals surface area contributed by atoms with Gasteiger partial charge in [-0.05, 0) is 24.3 Å². The molecule has 0 bridgehead atoms. The number of amides is 1. The molecule has 0 aliphatic rings. The van der Waals surface area contributed by atoms with Gasteiger partial charge in [-0.25, -0.2) is 5.43 Å². The van der Waals surface area contributed by atoms with Gasteiger partial charge in [0.25, 0.3) is 5.56 Å². The third-order valence-corrected chi connectivity index (χ3v) is 3.94. The molecule has 0 saturated heterocycles. The molecule has 2 aromatic rings. The first-order valence-electron chi connectivity index (χ1n) is 8.19.